The standard InChI is InChI=1S/C19H13F3N4O3S/c20-19(21,22)10-4-3-5-11(8-10)26-15(27)9-14(17(26)28)30-18-25-24-16(29-18)12-6-1-2-7-13(12)23/h1-8,14H,9,23H2. The second kappa shape index (κ2) is 7.48. The van der Waals surface area contributed by atoms with E-state index in [0.29, 0.717) is 11.3 Å². The van der Waals surface area contributed by atoms with E-state index in [-0.39, 0.29) is 23.2 Å². The van der Waals surface area contributed by atoms with Crippen molar-refractivity contribution >= 4 is 35.0 Å². The number of carbonyl (C=O) groups is 2. The highest BCUT2D eigenvalue weighted by molar-refractivity contribution is 8.00. The summed E-state index contributed by atoms with van der Waals surface area (Å²) in [5, 5.41) is 6.91. The number of nitrogens with two attached hydrogens (primary N) is 1. The van der Waals surface area contributed by atoms with Crippen LogP contribution in [0.3, 0.4) is 0 Å². The number of nitrogen functional groups attached to an aromatic ring is 1. The molecule has 4 rings (SSSR count). The lowest BCUT2D eigenvalue weighted by Crippen LogP contribution is -2.31. The molecule has 1 aliphatic rings. The first-order valence-corrected chi connectivity index (χ1v) is 9.51. The molecule has 1 aromatic heterocycles. The molecule has 1 atom stereocenters. The maximum atomic E-state index is 13.0. The fourth-order valence-electron chi connectivity index (χ4n) is 2.97. The number of benzene rings is 2. The van der Waals surface area contributed by atoms with Crippen molar-refractivity contribution in [1.29, 1.82) is 0 Å². The number of para-hydroxylation sites is 1. The highest BCUT2D eigenvalue weighted by atomic mass is 32.2. The second-order valence-corrected chi connectivity index (χ2v) is 7.54. The zero-order valence-electron chi connectivity index (χ0n) is 15.1. The number of amides is 2. The molecule has 2 N–H and O–H groups in total. The molecule has 30 heavy (non-hydrogen) atoms. The largest absolute Gasteiger partial charge is 0.416 e. The highest BCUT2D eigenvalue weighted by Gasteiger charge is 2.42. The Hall–Kier alpha value is -3.34. The fraction of sp³-hybridized carbons (Fsp3) is 0.158. The molecular weight excluding hydrogens is 421 g/mol. The molecule has 3 aromatic rings. The van der Waals surface area contributed by atoms with E-state index in [1.165, 1.54) is 6.07 Å². The van der Waals surface area contributed by atoms with Crippen LogP contribution in [0.2, 0.25) is 0 Å². The lowest BCUT2D eigenvalue weighted by atomic mass is 10.2. The average molecular weight is 434 g/mol. The first kappa shape index (κ1) is 20.0. The number of aromatic nitrogens is 2. The van der Waals surface area contributed by atoms with Crippen LogP contribution in [-0.4, -0.2) is 27.3 Å². The van der Waals surface area contributed by atoms with Crippen LogP contribution in [0, 0.1) is 0 Å². The van der Waals surface area contributed by atoms with Crippen molar-refractivity contribution in [3.63, 3.8) is 0 Å². The average Bonchev–Trinajstić information content (AvgIpc) is 3.26. The van der Waals surface area contributed by atoms with Gasteiger partial charge in [0.25, 0.3) is 11.1 Å². The number of rotatable bonds is 4. The number of alkyl halides is 3. The Bertz CT molecular complexity index is 1130. The van der Waals surface area contributed by atoms with E-state index >= 15 is 0 Å². The van der Waals surface area contributed by atoms with Crippen molar-refractivity contribution in [3.05, 3.63) is 54.1 Å². The van der Waals surface area contributed by atoms with Gasteiger partial charge in [-0.25, -0.2) is 4.90 Å². The van der Waals surface area contributed by atoms with Gasteiger partial charge in [-0.2, -0.15) is 13.2 Å². The number of anilines is 2. The van der Waals surface area contributed by atoms with Gasteiger partial charge >= 0.3 is 6.18 Å². The molecule has 0 bridgehead atoms. The molecule has 11 heteroatoms. The maximum Gasteiger partial charge on any atom is 0.416 e. The molecule has 2 aromatic carbocycles. The van der Waals surface area contributed by atoms with E-state index in [9.17, 15) is 22.8 Å². The third kappa shape index (κ3) is 3.75. The summed E-state index contributed by atoms with van der Waals surface area (Å²) >= 11 is 0.877. The lowest BCUT2D eigenvalue weighted by Gasteiger charge is -2.16. The van der Waals surface area contributed by atoms with E-state index in [1.807, 2.05) is 0 Å². The topological polar surface area (TPSA) is 102 Å². The lowest BCUT2D eigenvalue weighted by molar-refractivity contribution is -0.137. The van der Waals surface area contributed by atoms with Crippen LogP contribution in [0.5, 0.6) is 0 Å². The van der Waals surface area contributed by atoms with Gasteiger partial charge in [0, 0.05) is 12.1 Å². The van der Waals surface area contributed by atoms with Crippen molar-refractivity contribution in [2.45, 2.75) is 23.1 Å². The summed E-state index contributed by atoms with van der Waals surface area (Å²) in [6.07, 6.45) is -4.79. The summed E-state index contributed by atoms with van der Waals surface area (Å²) in [5.41, 5.74) is 5.75. The molecule has 7 nitrogen and oxygen atoms in total. The van der Waals surface area contributed by atoms with Crippen molar-refractivity contribution in [2.75, 3.05) is 10.6 Å². The minimum absolute atomic E-state index is 0.0466. The minimum Gasteiger partial charge on any atom is -0.411 e. The van der Waals surface area contributed by atoms with Crippen LogP contribution in [0.25, 0.3) is 11.5 Å². The van der Waals surface area contributed by atoms with E-state index in [2.05, 4.69) is 10.2 Å². The fourth-order valence-corrected chi connectivity index (χ4v) is 3.86. The number of halogens is 3. The molecule has 1 fully saturated rings. The van der Waals surface area contributed by atoms with Crippen molar-refractivity contribution in [2.24, 2.45) is 0 Å². The third-order valence-electron chi connectivity index (χ3n) is 4.38. The number of carbonyl (C=O) groups excluding carboxylic acids is 2. The first-order valence-electron chi connectivity index (χ1n) is 8.63. The van der Waals surface area contributed by atoms with Crippen LogP contribution >= 0.6 is 11.8 Å². The number of hydrogen-bond donors (Lipinski definition) is 1. The summed E-state index contributed by atoms with van der Waals surface area (Å²) in [6, 6.07) is 10.9. The number of imide groups is 1. The Morgan fingerprint density at radius 2 is 1.87 bits per heavy atom. The maximum absolute atomic E-state index is 13.0. The number of nitrogens with zero attached hydrogens (tertiary/aromatic N) is 3. The van der Waals surface area contributed by atoms with Gasteiger partial charge in [-0.3, -0.25) is 9.59 Å². The quantitative estimate of drug-likeness (QED) is 0.493. The number of thioether (sulfide) groups is 1. The van der Waals surface area contributed by atoms with Gasteiger partial charge in [0.05, 0.1) is 16.8 Å². The molecule has 2 heterocycles. The van der Waals surface area contributed by atoms with Crippen molar-refractivity contribution in [3.8, 4) is 11.5 Å². The van der Waals surface area contributed by atoms with Crippen molar-refractivity contribution in [1.82, 2.24) is 10.2 Å². The van der Waals surface area contributed by atoms with E-state index in [0.717, 1.165) is 34.9 Å². The van der Waals surface area contributed by atoms with Gasteiger partial charge in [0.15, 0.2) is 0 Å². The molecule has 0 spiro atoms. The summed E-state index contributed by atoms with van der Waals surface area (Å²) in [5.74, 6) is -1.10. The zero-order chi connectivity index (χ0) is 21.5. The highest BCUT2D eigenvalue weighted by Crippen LogP contribution is 2.37. The summed E-state index contributed by atoms with van der Waals surface area (Å²) in [6.45, 7) is 0. The Morgan fingerprint density at radius 1 is 1.10 bits per heavy atom. The van der Waals surface area contributed by atoms with E-state index in [4.69, 9.17) is 10.2 Å². The van der Waals surface area contributed by atoms with Gasteiger partial charge < -0.3 is 10.2 Å². The van der Waals surface area contributed by atoms with Crippen LogP contribution in [0.15, 0.2) is 58.2 Å². The molecule has 0 saturated carbocycles. The van der Waals surface area contributed by atoms with Crippen LogP contribution in [0.1, 0.15) is 12.0 Å². The first-order chi connectivity index (χ1) is 14.2. The van der Waals surface area contributed by atoms with Gasteiger partial charge in [0.1, 0.15) is 5.25 Å². The molecule has 154 valence electrons. The minimum atomic E-state index is -4.59. The molecule has 2 amide bonds. The summed E-state index contributed by atoms with van der Waals surface area (Å²) in [7, 11) is 0. The monoisotopic (exact) mass is 434 g/mol. The molecule has 1 unspecified atom stereocenters. The van der Waals surface area contributed by atoms with Crippen LogP contribution in [-0.2, 0) is 15.8 Å². The predicted molar refractivity (Wildman–Crippen MR) is 102 cm³/mol. The predicted octanol–water partition coefficient (Wildman–Crippen LogP) is 3.76. The SMILES string of the molecule is Nc1ccccc1-c1nnc(SC2CC(=O)N(c3cccc(C(F)(F)F)c3)C2=O)o1. The molecule has 1 aliphatic heterocycles. The normalized spacial score (nSPS) is 17.0. The number of hydrogen-bond acceptors (Lipinski definition) is 7. The Kier molecular flexibility index (Phi) is 4.98. The Morgan fingerprint density at radius 3 is 2.60 bits per heavy atom. The molecule has 0 radical (unpaired) electrons. The van der Waals surface area contributed by atoms with Gasteiger partial charge in [-0.15, -0.1) is 10.2 Å². The van der Waals surface area contributed by atoms with E-state index in [1.54, 1.807) is 24.3 Å². The second-order valence-electron chi connectivity index (χ2n) is 6.39. The third-order valence-corrected chi connectivity index (χ3v) is 5.40. The van der Waals surface area contributed by atoms with Gasteiger partial charge in [-0.05, 0) is 30.3 Å². The molecular formula is C19H13F3N4O3S. The Balaban J connectivity index is 1.54. The van der Waals surface area contributed by atoms with Crippen LogP contribution in [0.4, 0.5) is 24.5 Å². The van der Waals surface area contributed by atoms with Gasteiger partial charge in [0.2, 0.25) is 11.8 Å². The zero-order valence-corrected chi connectivity index (χ0v) is 15.9. The van der Waals surface area contributed by atoms with Crippen molar-refractivity contribution < 1.29 is 27.2 Å². The smallest absolute Gasteiger partial charge is 0.411 e. The summed E-state index contributed by atoms with van der Waals surface area (Å²) in [4.78, 5) is 25.8. The Labute approximate surface area is 172 Å². The van der Waals surface area contributed by atoms with Crippen LogP contribution < -0.4 is 10.6 Å². The molecule has 1 saturated heterocycles. The van der Waals surface area contributed by atoms with E-state index < -0.39 is 28.8 Å². The van der Waals surface area contributed by atoms with Gasteiger partial charge in [-0.1, -0.05) is 30.0 Å². The molecule has 0 aliphatic carbocycles. The summed E-state index contributed by atoms with van der Waals surface area (Å²) < 4.78 is 44.4.